The van der Waals surface area contributed by atoms with Crippen LogP contribution in [0.4, 0.5) is 0 Å². The molecule has 1 aliphatic heterocycles. The van der Waals surface area contributed by atoms with Crippen molar-refractivity contribution in [2.75, 3.05) is 13.2 Å². The lowest BCUT2D eigenvalue weighted by molar-refractivity contribution is 0.0696. The predicted molar refractivity (Wildman–Crippen MR) is 140 cm³/mol. The van der Waals surface area contributed by atoms with Gasteiger partial charge in [-0.3, -0.25) is 4.79 Å². The first-order chi connectivity index (χ1) is 16.6. The molecule has 192 valence electrons. The van der Waals surface area contributed by atoms with E-state index in [2.05, 4.69) is 9.88 Å². The summed E-state index contributed by atoms with van der Waals surface area (Å²) in [7, 11) is -2.69. The summed E-state index contributed by atoms with van der Waals surface area (Å²) >= 11 is 0. The lowest BCUT2D eigenvalue weighted by atomic mass is 9.85. The van der Waals surface area contributed by atoms with Crippen LogP contribution in [0.2, 0.25) is 0 Å². The number of hydrogen-bond acceptors (Lipinski definition) is 4. The van der Waals surface area contributed by atoms with Crippen molar-refractivity contribution in [1.82, 2.24) is 9.88 Å². The van der Waals surface area contributed by atoms with Gasteiger partial charge >= 0.3 is 0 Å². The monoisotopic (exact) mass is 500 g/mol. The van der Waals surface area contributed by atoms with Gasteiger partial charge in [-0.2, -0.15) is 0 Å². The van der Waals surface area contributed by atoms with Crippen molar-refractivity contribution in [3.05, 3.63) is 41.1 Å². The molecule has 1 aromatic heterocycles. The number of carbonyl (C=O) groups excluding carboxylic acids is 1. The van der Waals surface area contributed by atoms with Gasteiger partial charge in [-0.05, 0) is 73.3 Å². The predicted octanol–water partition coefficient (Wildman–Crippen LogP) is 5.22. The maximum Gasteiger partial charge on any atom is 0.253 e. The highest BCUT2D eigenvalue weighted by Gasteiger charge is 2.26. The standard InChI is InChI=1S/C28H40N2O4S/c1-19-23(27(31)29-22-12-14-34-15-13-22)17-25(30(19)18-20-8-6-5-7-9-20)21-10-11-26(35(32)33)24(16-21)28(2,3)4/h10-11,16-17,20,22,35H,5-9,12-15,18H2,1-4H3,(H,29,31). The molecule has 6 nitrogen and oxygen atoms in total. The minimum Gasteiger partial charge on any atom is -0.381 e. The Kier molecular flexibility index (Phi) is 8.06. The molecule has 0 radical (unpaired) electrons. The van der Waals surface area contributed by atoms with Gasteiger partial charge in [0.05, 0.1) is 10.5 Å². The number of ether oxygens (including phenoxy) is 1. The number of thiol groups is 1. The molecule has 1 aliphatic carbocycles. The van der Waals surface area contributed by atoms with Crippen molar-refractivity contribution < 1.29 is 17.9 Å². The number of carbonyl (C=O) groups is 1. The van der Waals surface area contributed by atoms with Gasteiger partial charge < -0.3 is 14.6 Å². The zero-order valence-corrected chi connectivity index (χ0v) is 22.5. The highest BCUT2D eigenvalue weighted by atomic mass is 32.2. The Hall–Kier alpha value is -2.12. The fourth-order valence-corrected chi connectivity index (χ4v) is 6.33. The molecule has 1 saturated carbocycles. The smallest absolute Gasteiger partial charge is 0.253 e. The topological polar surface area (TPSA) is 77.4 Å². The summed E-state index contributed by atoms with van der Waals surface area (Å²) in [6, 6.07) is 7.76. The molecule has 0 spiro atoms. The second-order valence-electron chi connectivity index (χ2n) is 11.2. The van der Waals surface area contributed by atoms with Crippen molar-refractivity contribution in [2.45, 2.75) is 95.5 Å². The van der Waals surface area contributed by atoms with E-state index in [0.29, 0.717) is 29.6 Å². The van der Waals surface area contributed by atoms with Gasteiger partial charge in [0.15, 0.2) is 10.7 Å². The fraction of sp³-hybridized carbons (Fsp3) is 0.607. The van der Waals surface area contributed by atoms with Crippen LogP contribution in [0, 0.1) is 12.8 Å². The number of nitrogens with one attached hydrogen (secondary N) is 1. The third-order valence-corrected chi connectivity index (χ3v) is 8.41. The number of amides is 1. The molecule has 2 heterocycles. The summed E-state index contributed by atoms with van der Waals surface area (Å²) in [5, 5.41) is 3.22. The maximum atomic E-state index is 13.3. The lowest BCUT2D eigenvalue weighted by Crippen LogP contribution is -2.39. The zero-order chi connectivity index (χ0) is 25.2. The summed E-state index contributed by atoms with van der Waals surface area (Å²) in [5.41, 5.74) is 4.12. The van der Waals surface area contributed by atoms with Gasteiger partial charge in [-0.1, -0.05) is 46.1 Å². The van der Waals surface area contributed by atoms with Crippen molar-refractivity contribution in [3.63, 3.8) is 0 Å². The number of rotatable bonds is 6. The molecule has 0 bridgehead atoms. The molecule has 2 fully saturated rings. The molecular weight excluding hydrogens is 460 g/mol. The van der Waals surface area contributed by atoms with Gasteiger partial charge in [0.2, 0.25) is 0 Å². The first-order valence-electron chi connectivity index (χ1n) is 13.0. The average molecular weight is 501 g/mol. The lowest BCUT2D eigenvalue weighted by Gasteiger charge is -2.25. The van der Waals surface area contributed by atoms with Crippen molar-refractivity contribution in [2.24, 2.45) is 5.92 Å². The summed E-state index contributed by atoms with van der Waals surface area (Å²) in [4.78, 5) is 13.7. The van der Waals surface area contributed by atoms with Crippen molar-refractivity contribution in [3.8, 4) is 11.3 Å². The van der Waals surface area contributed by atoms with Crippen LogP contribution in [0.15, 0.2) is 29.2 Å². The van der Waals surface area contributed by atoms with Gasteiger partial charge in [0.1, 0.15) is 0 Å². The van der Waals surface area contributed by atoms with Crippen LogP contribution in [0.25, 0.3) is 11.3 Å². The molecule has 1 aromatic carbocycles. The Morgan fingerprint density at radius 2 is 1.74 bits per heavy atom. The molecular formula is C28H40N2O4S. The minimum atomic E-state index is -2.69. The van der Waals surface area contributed by atoms with Crippen LogP contribution in [-0.2, 0) is 27.4 Å². The number of nitrogens with zero attached hydrogens (tertiary/aromatic N) is 1. The maximum absolute atomic E-state index is 13.3. The van der Waals surface area contributed by atoms with Crippen molar-refractivity contribution >= 4 is 16.6 Å². The first-order valence-corrected chi connectivity index (χ1v) is 14.2. The average Bonchev–Trinajstić information content (AvgIpc) is 3.15. The quantitative estimate of drug-likeness (QED) is 0.533. The van der Waals surface area contributed by atoms with Crippen LogP contribution in [0.5, 0.6) is 0 Å². The highest BCUT2D eigenvalue weighted by molar-refractivity contribution is 7.72. The molecule has 7 heteroatoms. The van der Waals surface area contributed by atoms with E-state index in [0.717, 1.165) is 41.9 Å². The van der Waals surface area contributed by atoms with E-state index >= 15 is 0 Å². The van der Waals surface area contributed by atoms with Gasteiger partial charge in [0.25, 0.3) is 5.91 Å². The van der Waals surface area contributed by atoms with E-state index in [9.17, 15) is 13.2 Å². The molecule has 2 aromatic rings. The number of hydrogen-bond donors (Lipinski definition) is 2. The number of aromatic nitrogens is 1. The fourth-order valence-electron chi connectivity index (χ4n) is 5.54. The largest absolute Gasteiger partial charge is 0.381 e. The molecule has 1 amide bonds. The van der Waals surface area contributed by atoms with Crippen LogP contribution < -0.4 is 5.32 Å². The third kappa shape index (κ3) is 6.00. The Balaban J connectivity index is 1.75. The van der Waals surface area contributed by atoms with Crippen molar-refractivity contribution in [1.29, 1.82) is 0 Å². The normalized spacial score (nSPS) is 18.2. The molecule has 0 unspecified atom stereocenters. The van der Waals surface area contributed by atoms with Gasteiger partial charge in [0, 0.05) is 37.2 Å². The van der Waals surface area contributed by atoms with Gasteiger partial charge in [-0.25, -0.2) is 8.42 Å². The second-order valence-corrected chi connectivity index (χ2v) is 12.2. The SMILES string of the molecule is Cc1c(C(=O)NC2CCOCC2)cc(-c2ccc([SH](=O)=O)c(C(C)(C)C)c2)n1CC1CCCCC1. The summed E-state index contributed by atoms with van der Waals surface area (Å²) in [6.07, 6.45) is 7.92. The molecule has 1 N–H and O–H groups in total. The van der Waals surface area contributed by atoms with Crippen LogP contribution in [-0.4, -0.2) is 38.1 Å². The van der Waals surface area contributed by atoms with Gasteiger partial charge in [-0.15, -0.1) is 0 Å². The Morgan fingerprint density at radius 1 is 1.06 bits per heavy atom. The molecule has 2 aliphatic rings. The second kappa shape index (κ2) is 10.9. The van der Waals surface area contributed by atoms with Crippen LogP contribution >= 0.6 is 0 Å². The Bertz CT molecular complexity index is 1120. The Morgan fingerprint density at radius 3 is 2.37 bits per heavy atom. The summed E-state index contributed by atoms with van der Waals surface area (Å²) in [5.74, 6) is 0.561. The van der Waals surface area contributed by atoms with Crippen LogP contribution in [0.3, 0.4) is 0 Å². The van der Waals surface area contributed by atoms with Crippen LogP contribution in [0.1, 0.15) is 87.3 Å². The van der Waals surface area contributed by atoms with E-state index in [4.69, 9.17) is 4.74 Å². The minimum absolute atomic E-state index is 0.0339. The zero-order valence-electron chi connectivity index (χ0n) is 21.6. The molecule has 35 heavy (non-hydrogen) atoms. The molecule has 4 rings (SSSR count). The third-order valence-electron chi connectivity index (χ3n) is 7.63. The number of benzene rings is 1. The molecule has 0 atom stereocenters. The first kappa shape index (κ1) is 26.0. The highest BCUT2D eigenvalue weighted by Crippen LogP contribution is 2.35. The Labute approximate surface area is 211 Å². The van der Waals surface area contributed by atoms with E-state index in [1.54, 1.807) is 6.07 Å². The van der Waals surface area contributed by atoms with E-state index in [-0.39, 0.29) is 17.4 Å². The van der Waals surface area contributed by atoms with E-state index in [1.165, 1.54) is 32.1 Å². The summed E-state index contributed by atoms with van der Waals surface area (Å²) < 4.78 is 31.6. The summed E-state index contributed by atoms with van der Waals surface area (Å²) in [6.45, 7) is 10.4. The molecule has 1 saturated heterocycles. The van der Waals surface area contributed by atoms with E-state index in [1.807, 2.05) is 45.9 Å². The van der Waals surface area contributed by atoms with E-state index < -0.39 is 10.7 Å².